The van der Waals surface area contributed by atoms with E-state index in [0.29, 0.717) is 48.1 Å². The van der Waals surface area contributed by atoms with E-state index < -0.39 is 18.6 Å². The van der Waals surface area contributed by atoms with Gasteiger partial charge in [-0.05, 0) is 47.9 Å². The summed E-state index contributed by atoms with van der Waals surface area (Å²) in [5, 5.41) is 0.827. The molecule has 1 aromatic heterocycles. The van der Waals surface area contributed by atoms with Crippen molar-refractivity contribution in [1.82, 2.24) is 9.88 Å². The topological polar surface area (TPSA) is 71.7 Å². The number of aromatic nitrogens is 1. The monoisotopic (exact) mass is 458 g/mol. The average molecular weight is 458 g/mol. The molecule has 0 unspecified atom stereocenters. The number of hydrogen-bond acceptors (Lipinski definition) is 5. The average Bonchev–Trinajstić information content (AvgIpc) is 2.77. The molecule has 9 heteroatoms. The molecule has 3 aromatic rings. The second kappa shape index (κ2) is 8.90. The number of ether oxygens (including phenoxy) is 1. The van der Waals surface area contributed by atoms with Crippen LogP contribution in [0.25, 0.3) is 22.0 Å². The van der Waals surface area contributed by atoms with E-state index in [0.717, 1.165) is 29.2 Å². The van der Waals surface area contributed by atoms with Crippen LogP contribution in [0.15, 0.2) is 42.5 Å². The van der Waals surface area contributed by atoms with Crippen LogP contribution in [0.3, 0.4) is 0 Å². The third-order valence-corrected chi connectivity index (χ3v) is 5.73. The van der Waals surface area contributed by atoms with Crippen molar-refractivity contribution in [2.75, 3.05) is 50.5 Å². The summed E-state index contributed by atoms with van der Waals surface area (Å²) in [5.41, 5.74) is 10.1. The van der Waals surface area contributed by atoms with Gasteiger partial charge in [0.2, 0.25) is 0 Å². The van der Waals surface area contributed by atoms with E-state index in [1.54, 1.807) is 12.1 Å². The van der Waals surface area contributed by atoms with Crippen molar-refractivity contribution >= 4 is 28.3 Å². The normalized spacial score (nSPS) is 14.5. The number of morpholine rings is 1. The minimum Gasteiger partial charge on any atom is -0.382 e. The van der Waals surface area contributed by atoms with E-state index in [1.807, 2.05) is 37.3 Å². The minimum atomic E-state index is -4.47. The zero-order valence-corrected chi connectivity index (χ0v) is 18.4. The molecular weight excluding hydrogens is 433 g/mol. The summed E-state index contributed by atoms with van der Waals surface area (Å²) in [6, 6.07) is 12.5. The predicted molar refractivity (Wildman–Crippen MR) is 122 cm³/mol. The van der Waals surface area contributed by atoms with Crippen molar-refractivity contribution in [2.24, 2.45) is 0 Å². The van der Waals surface area contributed by atoms with Crippen LogP contribution in [-0.2, 0) is 4.74 Å². The van der Waals surface area contributed by atoms with Crippen LogP contribution in [-0.4, -0.2) is 61.9 Å². The first kappa shape index (κ1) is 22.8. The minimum absolute atomic E-state index is 0.220. The Bertz CT molecular complexity index is 1190. The van der Waals surface area contributed by atoms with Gasteiger partial charge >= 0.3 is 6.18 Å². The molecule has 0 saturated carbocycles. The Labute approximate surface area is 189 Å². The molecule has 1 aliphatic heterocycles. The molecule has 33 heavy (non-hydrogen) atoms. The Morgan fingerprint density at radius 2 is 1.91 bits per heavy atom. The second-order valence-electron chi connectivity index (χ2n) is 8.17. The van der Waals surface area contributed by atoms with Crippen molar-refractivity contribution in [3.05, 3.63) is 53.6 Å². The summed E-state index contributed by atoms with van der Waals surface area (Å²) in [6.45, 7) is 3.15. The first-order valence-electron chi connectivity index (χ1n) is 10.6. The molecule has 0 aliphatic carbocycles. The Morgan fingerprint density at radius 3 is 2.61 bits per heavy atom. The van der Waals surface area contributed by atoms with Gasteiger partial charge in [0.1, 0.15) is 12.4 Å². The van der Waals surface area contributed by atoms with E-state index in [9.17, 15) is 18.0 Å². The van der Waals surface area contributed by atoms with Crippen molar-refractivity contribution in [2.45, 2.75) is 13.1 Å². The highest BCUT2D eigenvalue weighted by Crippen LogP contribution is 2.33. The van der Waals surface area contributed by atoms with E-state index >= 15 is 0 Å². The van der Waals surface area contributed by atoms with Gasteiger partial charge in [-0.1, -0.05) is 18.2 Å². The third-order valence-electron chi connectivity index (χ3n) is 5.73. The summed E-state index contributed by atoms with van der Waals surface area (Å²) in [7, 11) is 1.16. The summed E-state index contributed by atoms with van der Waals surface area (Å²) >= 11 is 0. The largest absolute Gasteiger partial charge is 0.406 e. The molecule has 2 N–H and O–H groups in total. The predicted octanol–water partition coefficient (Wildman–Crippen LogP) is 4.26. The summed E-state index contributed by atoms with van der Waals surface area (Å²) in [6.07, 6.45) is -4.47. The van der Waals surface area contributed by atoms with Gasteiger partial charge in [0.05, 0.1) is 24.4 Å². The second-order valence-corrected chi connectivity index (χ2v) is 8.17. The lowest BCUT2D eigenvalue weighted by Gasteiger charge is -2.29. The van der Waals surface area contributed by atoms with Gasteiger partial charge in [0.15, 0.2) is 0 Å². The highest BCUT2D eigenvalue weighted by atomic mass is 19.4. The molecule has 1 amide bonds. The lowest BCUT2D eigenvalue weighted by molar-refractivity contribution is -0.138. The number of amides is 1. The Hall–Kier alpha value is -3.33. The van der Waals surface area contributed by atoms with E-state index in [2.05, 4.69) is 9.88 Å². The maximum absolute atomic E-state index is 12.9. The molecule has 2 heterocycles. The number of carbonyl (C=O) groups excluding carboxylic acids is 1. The van der Waals surface area contributed by atoms with E-state index in [4.69, 9.17) is 10.5 Å². The van der Waals surface area contributed by atoms with Gasteiger partial charge in [-0.15, -0.1) is 0 Å². The van der Waals surface area contributed by atoms with Crippen molar-refractivity contribution in [1.29, 1.82) is 0 Å². The first-order chi connectivity index (χ1) is 15.6. The van der Waals surface area contributed by atoms with Gasteiger partial charge in [0.25, 0.3) is 5.91 Å². The van der Waals surface area contributed by atoms with Crippen LogP contribution in [0.1, 0.15) is 15.9 Å². The summed E-state index contributed by atoms with van der Waals surface area (Å²) in [5.74, 6) is -0.256. The molecule has 174 valence electrons. The number of fused-ring (bicyclic) bond motifs is 1. The first-order valence-corrected chi connectivity index (χ1v) is 10.6. The SMILES string of the molecule is Cc1cccc(C(=O)N(C)CC(F)(F)F)c1-c1ccc2nc(N)c(N3CCOCC3)cc2c1. The molecule has 1 aliphatic rings. The Kier molecular flexibility index (Phi) is 6.16. The number of nitrogens with two attached hydrogens (primary N) is 1. The van der Waals surface area contributed by atoms with Crippen LogP contribution in [0.4, 0.5) is 24.7 Å². The van der Waals surface area contributed by atoms with Crippen LogP contribution in [0, 0.1) is 6.92 Å². The Balaban J connectivity index is 1.77. The third kappa shape index (κ3) is 4.88. The quantitative estimate of drug-likeness (QED) is 0.633. The van der Waals surface area contributed by atoms with E-state index in [1.165, 1.54) is 0 Å². The molecule has 0 spiro atoms. The lowest BCUT2D eigenvalue weighted by atomic mass is 9.93. The van der Waals surface area contributed by atoms with E-state index in [-0.39, 0.29) is 5.56 Å². The fourth-order valence-corrected chi connectivity index (χ4v) is 4.17. The van der Waals surface area contributed by atoms with Crippen LogP contribution in [0.5, 0.6) is 0 Å². The molecule has 1 saturated heterocycles. The van der Waals surface area contributed by atoms with Gasteiger partial charge in [-0.2, -0.15) is 13.2 Å². The van der Waals surface area contributed by atoms with Crippen LogP contribution >= 0.6 is 0 Å². The molecule has 0 radical (unpaired) electrons. The molecule has 1 fully saturated rings. The Morgan fingerprint density at radius 1 is 1.18 bits per heavy atom. The number of hydrogen-bond donors (Lipinski definition) is 1. The van der Waals surface area contributed by atoms with Crippen molar-refractivity contribution in [3.63, 3.8) is 0 Å². The summed E-state index contributed by atoms with van der Waals surface area (Å²) in [4.78, 5) is 20.3. The number of anilines is 2. The van der Waals surface area contributed by atoms with Crippen molar-refractivity contribution in [3.8, 4) is 11.1 Å². The summed E-state index contributed by atoms with van der Waals surface area (Å²) < 4.78 is 44.0. The number of rotatable bonds is 4. The molecule has 6 nitrogen and oxygen atoms in total. The molecule has 4 rings (SSSR count). The lowest BCUT2D eigenvalue weighted by Crippen LogP contribution is -2.36. The fraction of sp³-hybridized carbons (Fsp3) is 0.333. The highest BCUT2D eigenvalue weighted by Gasteiger charge is 2.32. The highest BCUT2D eigenvalue weighted by molar-refractivity contribution is 6.02. The van der Waals surface area contributed by atoms with Gasteiger partial charge in [-0.25, -0.2) is 4.98 Å². The number of carbonyl (C=O) groups is 1. The molecule has 0 atom stereocenters. The zero-order valence-electron chi connectivity index (χ0n) is 18.4. The zero-order chi connectivity index (χ0) is 23.8. The standard InChI is InChI=1S/C24H25F3N4O2/c1-15-4-3-5-18(23(32)30(2)14-24(25,26)27)21(15)16-6-7-19-17(12-16)13-20(22(28)29-19)31-8-10-33-11-9-31/h3-7,12-13H,8-11,14H2,1-2H3,(H2,28,29). The number of nitrogens with zero attached hydrogens (tertiary/aromatic N) is 3. The fourth-order valence-electron chi connectivity index (χ4n) is 4.17. The number of alkyl halides is 3. The van der Waals surface area contributed by atoms with Crippen molar-refractivity contribution < 1.29 is 22.7 Å². The number of pyridine rings is 1. The van der Waals surface area contributed by atoms with Gasteiger partial charge in [0, 0.05) is 31.1 Å². The number of aryl methyl sites for hydroxylation is 1. The van der Waals surface area contributed by atoms with Crippen LogP contribution < -0.4 is 10.6 Å². The number of nitrogen functional groups attached to an aromatic ring is 1. The number of benzene rings is 2. The molecular formula is C24H25F3N4O2. The number of halogens is 3. The maximum Gasteiger partial charge on any atom is 0.406 e. The smallest absolute Gasteiger partial charge is 0.382 e. The van der Waals surface area contributed by atoms with Crippen LogP contribution in [0.2, 0.25) is 0 Å². The maximum atomic E-state index is 12.9. The molecule has 2 aromatic carbocycles. The van der Waals surface area contributed by atoms with Gasteiger partial charge < -0.3 is 20.3 Å². The van der Waals surface area contributed by atoms with Gasteiger partial charge in [-0.3, -0.25) is 4.79 Å². The molecule has 0 bridgehead atoms.